The Hall–Kier alpha value is -1.39. The predicted octanol–water partition coefficient (Wildman–Crippen LogP) is 1.68. The molecule has 1 unspecified atom stereocenters. The van der Waals surface area contributed by atoms with E-state index in [0.717, 1.165) is 0 Å². The zero-order chi connectivity index (χ0) is 12.7. The largest absolute Gasteiger partial charge is 0.364 e. The fraction of sp³-hybridized carbons (Fsp3) is 0.462. The second-order valence-corrected chi connectivity index (χ2v) is 4.07. The molecule has 0 bridgehead atoms. The van der Waals surface area contributed by atoms with Crippen LogP contribution in [0.4, 0.5) is 0 Å². The van der Waals surface area contributed by atoms with E-state index in [9.17, 15) is 4.79 Å². The summed E-state index contributed by atoms with van der Waals surface area (Å²) in [6.07, 6.45) is 0. The van der Waals surface area contributed by atoms with Crippen molar-refractivity contribution in [2.24, 2.45) is 11.7 Å². The Balaban J connectivity index is 2.54. The summed E-state index contributed by atoms with van der Waals surface area (Å²) in [5, 5.41) is 1.65. The molecule has 1 atom stereocenters. The molecule has 4 heteroatoms. The van der Waals surface area contributed by atoms with Crippen LogP contribution in [0, 0.1) is 5.92 Å². The van der Waals surface area contributed by atoms with Gasteiger partial charge in [-0.15, -0.1) is 5.06 Å². The van der Waals surface area contributed by atoms with Crippen molar-refractivity contribution < 1.29 is 9.63 Å². The molecule has 0 radical (unpaired) electrons. The highest BCUT2D eigenvalue weighted by molar-refractivity contribution is 5.89. The van der Waals surface area contributed by atoms with Gasteiger partial charge in [0.25, 0.3) is 0 Å². The standard InChI is InChI=1S/C13H20N2O2/c1-3-15(10-11(2)9-14)17-13(16)12-7-5-4-6-8-12/h4-8,11H,3,9-10,14H2,1-2H3. The molecule has 0 saturated carbocycles. The average molecular weight is 236 g/mol. The number of hydroxylamine groups is 2. The van der Waals surface area contributed by atoms with Gasteiger partial charge < -0.3 is 10.6 Å². The van der Waals surface area contributed by atoms with Crippen LogP contribution >= 0.6 is 0 Å². The summed E-state index contributed by atoms with van der Waals surface area (Å²) in [4.78, 5) is 17.1. The van der Waals surface area contributed by atoms with Crippen molar-refractivity contribution in [2.75, 3.05) is 19.6 Å². The van der Waals surface area contributed by atoms with Crippen LogP contribution in [-0.2, 0) is 4.84 Å². The van der Waals surface area contributed by atoms with Gasteiger partial charge in [0.1, 0.15) is 0 Å². The van der Waals surface area contributed by atoms with Crippen LogP contribution in [0.5, 0.6) is 0 Å². The maximum Gasteiger partial charge on any atom is 0.357 e. The Bertz CT molecular complexity index is 341. The number of nitrogens with zero attached hydrogens (tertiary/aromatic N) is 1. The van der Waals surface area contributed by atoms with Gasteiger partial charge in [-0.25, -0.2) is 4.79 Å². The van der Waals surface area contributed by atoms with Crippen LogP contribution in [0.15, 0.2) is 30.3 Å². The van der Waals surface area contributed by atoms with E-state index in [0.29, 0.717) is 31.1 Å². The Morgan fingerprint density at radius 3 is 2.59 bits per heavy atom. The summed E-state index contributed by atoms with van der Waals surface area (Å²) in [7, 11) is 0. The molecular weight excluding hydrogens is 216 g/mol. The van der Waals surface area contributed by atoms with Crippen molar-refractivity contribution in [3.63, 3.8) is 0 Å². The molecule has 0 aromatic heterocycles. The summed E-state index contributed by atoms with van der Waals surface area (Å²) in [5.74, 6) is -0.0183. The molecule has 1 aromatic rings. The van der Waals surface area contributed by atoms with Crippen molar-refractivity contribution in [2.45, 2.75) is 13.8 Å². The van der Waals surface area contributed by atoms with Crippen LogP contribution in [0.3, 0.4) is 0 Å². The van der Waals surface area contributed by atoms with E-state index < -0.39 is 0 Å². The lowest BCUT2D eigenvalue weighted by Gasteiger charge is -2.22. The Kier molecular flexibility index (Phi) is 5.66. The number of rotatable bonds is 6. The normalized spacial score (nSPS) is 12.5. The lowest BCUT2D eigenvalue weighted by Crippen LogP contribution is -2.33. The summed E-state index contributed by atoms with van der Waals surface area (Å²) in [6.45, 7) is 5.87. The topological polar surface area (TPSA) is 55.6 Å². The smallest absolute Gasteiger partial charge is 0.357 e. The minimum Gasteiger partial charge on any atom is -0.364 e. The molecule has 0 aliphatic rings. The first kappa shape index (κ1) is 13.7. The molecule has 94 valence electrons. The van der Waals surface area contributed by atoms with Gasteiger partial charge in [-0.2, -0.15) is 0 Å². The fourth-order valence-electron chi connectivity index (χ4n) is 1.40. The maximum absolute atomic E-state index is 11.8. The van der Waals surface area contributed by atoms with Crippen molar-refractivity contribution in [1.82, 2.24) is 5.06 Å². The minimum absolute atomic E-state index is 0.304. The summed E-state index contributed by atoms with van der Waals surface area (Å²) in [6, 6.07) is 8.97. The number of hydrogen-bond acceptors (Lipinski definition) is 4. The Morgan fingerprint density at radius 1 is 1.41 bits per heavy atom. The van der Waals surface area contributed by atoms with E-state index in [1.807, 2.05) is 32.0 Å². The predicted molar refractivity (Wildman–Crippen MR) is 67.3 cm³/mol. The van der Waals surface area contributed by atoms with E-state index in [1.54, 1.807) is 17.2 Å². The molecule has 0 amide bonds. The number of hydrogen-bond donors (Lipinski definition) is 1. The molecule has 0 saturated heterocycles. The Labute approximate surface area is 102 Å². The lowest BCUT2D eigenvalue weighted by molar-refractivity contribution is -0.112. The van der Waals surface area contributed by atoms with Crippen LogP contribution in [0.25, 0.3) is 0 Å². The van der Waals surface area contributed by atoms with Gasteiger partial charge >= 0.3 is 5.97 Å². The van der Waals surface area contributed by atoms with Crippen molar-refractivity contribution in [3.8, 4) is 0 Å². The van der Waals surface area contributed by atoms with E-state index >= 15 is 0 Å². The molecule has 0 aliphatic carbocycles. The van der Waals surface area contributed by atoms with Gasteiger partial charge in [0.15, 0.2) is 0 Å². The van der Waals surface area contributed by atoms with Gasteiger partial charge in [-0.3, -0.25) is 0 Å². The lowest BCUT2D eigenvalue weighted by atomic mass is 10.2. The molecule has 0 heterocycles. The van der Waals surface area contributed by atoms with E-state index in [1.165, 1.54) is 0 Å². The highest BCUT2D eigenvalue weighted by Crippen LogP contribution is 2.05. The van der Waals surface area contributed by atoms with Crippen LogP contribution in [0.1, 0.15) is 24.2 Å². The zero-order valence-electron chi connectivity index (χ0n) is 10.4. The first-order chi connectivity index (χ1) is 8.17. The Morgan fingerprint density at radius 2 is 2.06 bits per heavy atom. The molecule has 0 spiro atoms. The molecule has 1 rings (SSSR count). The highest BCUT2D eigenvalue weighted by atomic mass is 16.7. The minimum atomic E-state index is -0.323. The molecule has 2 N–H and O–H groups in total. The van der Waals surface area contributed by atoms with Crippen molar-refractivity contribution >= 4 is 5.97 Å². The first-order valence-corrected chi connectivity index (χ1v) is 5.89. The second kappa shape index (κ2) is 7.04. The third-order valence-corrected chi connectivity index (χ3v) is 2.49. The van der Waals surface area contributed by atoms with Crippen molar-refractivity contribution in [1.29, 1.82) is 0 Å². The number of nitrogens with two attached hydrogens (primary N) is 1. The van der Waals surface area contributed by atoms with Gasteiger partial charge in [-0.1, -0.05) is 25.1 Å². The number of carbonyl (C=O) groups excluding carboxylic acids is 1. The summed E-state index contributed by atoms with van der Waals surface area (Å²) in [5.41, 5.74) is 6.11. The molecule has 17 heavy (non-hydrogen) atoms. The molecule has 0 fully saturated rings. The van der Waals surface area contributed by atoms with Gasteiger partial charge in [-0.05, 0) is 31.5 Å². The SMILES string of the molecule is CCN(CC(C)CN)OC(=O)c1ccccc1. The second-order valence-electron chi connectivity index (χ2n) is 4.07. The summed E-state index contributed by atoms with van der Waals surface area (Å²) >= 11 is 0. The fourth-order valence-corrected chi connectivity index (χ4v) is 1.40. The monoisotopic (exact) mass is 236 g/mol. The van der Waals surface area contributed by atoms with Crippen LogP contribution < -0.4 is 5.73 Å². The molecule has 4 nitrogen and oxygen atoms in total. The van der Waals surface area contributed by atoms with Gasteiger partial charge in [0.2, 0.25) is 0 Å². The maximum atomic E-state index is 11.8. The zero-order valence-corrected chi connectivity index (χ0v) is 10.4. The summed E-state index contributed by atoms with van der Waals surface area (Å²) < 4.78 is 0. The van der Waals surface area contributed by atoms with Crippen LogP contribution in [-0.4, -0.2) is 30.7 Å². The highest BCUT2D eigenvalue weighted by Gasteiger charge is 2.14. The van der Waals surface area contributed by atoms with Crippen LogP contribution in [0.2, 0.25) is 0 Å². The molecule has 0 aliphatic heterocycles. The number of benzene rings is 1. The van der Waals surface area contributed by atoms with Gasteiger partial charge in [0.05, 0.1) is 5.56 Å². The van der Waals surface area contributed by atoms with E-state index in [2.05, 4.69) is 0 Å². The molecule has 1 aromatic carbocycles. The molecular formula is C13H20N2O2. The number of carbonyl (C=O) groups is 1. The first-order valence-electron chi connectivity index (χ1n) is 5.89. The van der Waals surface area contributed by atoms with E-state index in [-0.39, 0.29) is 5.97 Å². The third-order valence-electron chi connectivity index (χ3n) is 2.49. The van der Waals surface area contributed by atoms with Gasteiger partial charge in [0, 0.05) is 13.1 Å². The van der Waals surface area contributed by atoms with E-state index in [4.69, 9.17) is 10.6 Å². The van der Waals surface area contributed by atoms with Crippen molar-refractivity contribution in [3.05, 3.63) is 35.9 Å². The quantitative estimate of drug-likeness (QED) is 0.763. The average Bonchev–Trinajstić information content (AvgIpc) is 2.38. The third kappa shape index (κ3) is 4.54.